The van der Waals surface area contributed by atoms with Crippen LogP contribution in [0.15, 0.2) is 41.3 Å². The molecule has 1 heterocycles. The third kappa shape index (κ3) is 2.50. The Morgan fingerprint density at radius 1 is 1.35 bits per heavy atom. The second-order valence-corrected chi connectivity index (χ2v) is 4.12. The molecule has 0 atom stereocenters. The van der Waals surface area contributed by atoms with E-state index >= 15 is 0 Å². The van der Waals surface area contributed by atoms with E-state index in [1.165, 1.54) is 18.6 Å². The number of hydrogen-bond acceptors (Lipinski definition) is 4. The molecule has 0 unspecified atom stereocenters. The van der Waals surface area contributed by atoms with Crippen LogP contribution in [0, 0.1) is 0 Å². The summed E-state index contributed by atoms with van der Waals surface area (Å²) < 4.78 is 5.83. The van der Waals surface area contributed by atoms with E-state index in [9.17, 15) is 4.79 Å². The molecular formula is C12H9BrN2O2. The van der Waals surface area contributed by atoms with Gasteiger partial charge in [0.1, 0.15) is 11.4 Å². The zero-order valence-electron chi connectivity index (χ0n) is 9.05. The van der Waals surface area contributed by atoms with Gasteiger partial charge >= 0.3 is 0 Å². The van der Waals surface area contributed by atoms with Gasteiger partial charge in [-0.1, -0.05) is 0 Å². The lowest BCUT2D eigenvalue weighted by Crippen LogP contribution is -2.04. The van der Waals surface area contributed by atoms with Gasteiger partial charge in [-0.05, 0) is 34.1 Å². The van der Waals surface area contributed by atoms with Gasteiger partial charge in [-0.3, -0.25) is 9.78 Å². The maximum Gasteiger partial charge on any atom is 0.212 e. The van der Waals surface area contributed by atoms with Gasteiger partial charge in [-0.25, -0.2) is 4.98 Å². The van der Waals surface area contributed by atoms with Crippen molar-refractivity contribution >= 4 is 21.7 Å². The van der Waals surface area contributed by atoms with Crippen molar-refractivity contribution in [3.05, 3.63) is 52.5 Å². The van der Waals surface area contributed by atoms with Gasteiger partial charge in [0.25, 0.3) is 0 Å². The second-order valence-electron chi connectivity index (χ2n) is 3.27. The summed E-state index contributed by atoms with van der Waals surface area (Å²) in [5.74, 6) is 0.516. The molecule has 0 radical (unpaired) electrons. The highest BCUT2D eigenvalue weighted by Gasteiger charge is 2.12. The van der Waals surface area contributed by atoms with E-state index in [1.807, 2.05) is 0 Å². The summed E-state index contributed by atoms with van der Waals surface area (Å²) in [6.07, 6.45) is 4.47. The Morgan fingerprint density at radius 3 is 2.76 bits per heavy atom. The summed E-state index contributed by atoms with van der Waals surface area (Å²) in [5, 5.41) is 0. The quantitative estimate of drug-likeness (QED) is 0.816. The summed E-state index contributed by atoms with van der Waals surface area (Å²) >= 11 is 3.33. The summed E-state index contributed by atoms with van der Waals surface area (Å²) in [6, 6.07) is 5.13. The molecule has 2 rings (SSSR count). The molecule has 0 amide bonds. The highest BCUT2D eigenvalue weighted by Crippen LogP contribution is 2.26. The number of ketones is 1. The highest BCUT2D eigenvalue weighted by molar-refractivity contribution is 9.10. The van der Waals surface area contributed by atoms with Gasteiger partial charge in [0.05, 0.1) is 17.8 Å². The van der Waals surface area contributed by atoms with E-state index in [-0.39, 0.29) is 5.78 Å². The molecule has 1 aromatic carbocycles. The molecule has 4 nitrogen and oxygen atoms in total. The van der Waals surface area contributed by atoms with Crippen LogP contribution in [0.3, 0.4) is 0 Å². The molecule has 5 heteroatoms. The van der Waals surface area contributed by atoms with Gasteiger partial charge in [-0.2, -0.15) is 0 Å². The minimum Gasteiger partial charge on any atom is -0.496 e. The molecule has 0 aliphatic heterocycles. The lowest BCUT2D eigenvalue weighted by Gasteiger charge is -2.05. The van der Waals surface area contributed by atoms with Crippen LogP contribution in [-0.4, -0.2) is 22.9 Å². The van der Waals surface area contributed by atoms with E-state index < -0.39 is 0 Å². The Bertz CT molecular complexity index is 543. The van der Waals surface area contributed by atoms with Crippen LogP contribution in [0.4, 0.5) is 0 Å². The van der Waals surface area contributed by atoms with E-state index in [0.717, 1.165) is 4.47 Å². The van der Waals surface area contributed by atoms with Crippen LogP contribution < -0.4 is 4.74 Å². The topological polar surface area (TPSA) is 52.1 Å². The van der Waals surface area contributed by atoms with E-state index in [0.29, 0.717) is 17.0 Å². The largest absolute Gasteiger partial charge is 0.496 e. The molecule has 0 spiro atoms. The van der Waals surface area contributed by atoms with E-state index in [4.69, 9.17) is 4.74 Å². The minimum atomic E-state index is -0.165. The Balaban J connectivity index is 2.35. The molecule has 0 aliphatic rings. The summed E-state index contributed by atoms with van der Waals surface area (Å²) in [5.41, 5.74) is 0.864. The number of methoxy groups -OCH3 is 1. The molecule has 0 aliphatic carbocycles. The second kappa shape index (κ2) is 5.05. The molecule has 2 aromatic rings. The first-order valence-corrected chi connectivity index (χ1v) is 5.66. The normalized spacial score (nSPS) is 10.0. The van der Waals surface area contributed by atoms with Gasteiger partial charge in [0, 0.05) is 18.0 Å². The first-order chi connectivity index (χ1) is 8.22. The number of carbonyl (C=O) groups excluding carboxylic acids is 1. The van der Waals surface area contributed by atoms with Crippen LogP contribution in [0.25, 0.3) is 0 Å². The van der Waals surface area contributed by atoms with Crippen molar-refractivity contribution in [3.8, 4) is 5.75 Å². The van der Waals surface area contributed by atoms with Crippen LogP contribution >= 0.6 is 15.9 Å². The smallest absolute Gasteiger partial charge is 0.212 e. The van der Waals surface area contributed by atoms with Crippen molar-refractivity contribution in [2.45, 2.75) is 0 Å². The third-order valence-corrected chi connectivity index (χ3v) is 2.83. The number of carbonyl (C=O) groups is 1. The first kappa shape index (κ1) is 11.7. The van der Waals surface area contributed by atoms with Crippen LogP contribution in [-0.2, 0) is 0 Å². The Morgan fingerprint density at radius 2 is 2.18 bits per heavy atom. The number of aromatic nitrogens is 2. The van der Waals surface area contributed by atoms with E-state index in [2.05, 4.69) is 25.9 Å². The summed E-state index contributed by atoms with van der Waals surface area (Å²) in [6.45, 7) is 0. The fourth-order valence-corrected chi connectivity index (χ4v) is 1.91. The average Bonchev–Trinajstić information content (AvgIpc) is 2.39. The molecule has 86 valence electrons. The monoisotopic (exact) mass is 292 g/mol. The Kier molecular flexibility index (Phi) is 3.49. The van der Waals surface area contributed by atoms with Crippen LogP contribution in [0.1, 0.15) is 16.1 Å². The molecule has 0 N–H and O–H groups in total. The number of ether oxygens (including phenoxy) is 1. The molecule has 0 bridgehead atoms. The molecule has 0 saturated carbocycles. The van der Waals surface area contributed by atoms with Crippen molar-refractivity contribution in [2.75, 3.05) is 7.11 Å². The predicted octanol–water partition coefficient (Wildman–Crippen LogP) is 2.48. The lowest BCUT2D eigenvalue weighted by atomic mass is 10.1. The van der Waals surface area contributed by atoms with Gasteiger partial charge in [0.2, 0.25) is 5.78 Å². The maximum atomic E-state index is 12.0. The van der Waals surface area contributed by atoms with Crippen LogP contribution in [0.2, 0.25) is 0 Å². The third-order valence-electron chi connectivity index (χ3n) is 2.21. The molecule has 1 aromatic heterocycles. The summed E-state index contributed by atoms with van der Waals surface area (Å²) in [7, 11) is 1.57. The standard InChI is InChI=1S/C12H9BrN2O2/c1-17-11-3-2-8(6-9(11)13)12(16)10-7-14-4-5-15-10/h2-7H,1H3. The predicted molar refractivity (Wildman–Crippen MR) is 66.2 cm³/mol. The summed E-state index contributed by atoms with van der Waals surface area (Å²) in [4.78, 5) is 19.9. The highest BCUT2D eigenvalue weighted by atomic mass is 79.9. The Labute approximate surface area is 107 Å². The van der Waals surface area contributed by atoms with Gasteiger partial charge in [-0.15, -0.1) is 0 Å². The number of benzene rings is 1. The van der Waals surface area contributed by atoms with Crippen molar-refractivity contribution in [2.24, 2.45) is 0 Å². The fourth-order valence-electron chi connectivity index (χ4n) is 1.37. The molecule has 17 heavy (non-hydrogen) atoms. The maximum absolute atomic E-state index is 12.0. The van der Waals surface area contributed by atoms with Crippen molar-refractivity contribution in [1.82, 2.24) is 9.97 Å². The molecule has 0 saturated heterocycles. The van der Waals surface area contributed by atoms with Crippen molar-refractivity contribution in [3.63, 3.8) is 0 Å². The number of halogens is 1. The van der Waals surface area contributed by atoms with E-state index in [1.54, 1.807) is 25.3 Å². The lowest BCUT2D eigenvalue weighted by molar-refractivity contribution is 0.103. The zero-order valence-corrected chi connectivity index (χ0v) is 10.6. The SMILES string of the molecule is COc1ccc(C(=O)c2cnccn2)cc1Br. The van der Waals surface area contributed by atoms with Gasteiger partial charge in [0.15, 0.2) is 0 Å². The number of hydrogen-bond donors (Lipinski definition) is 0. The fraction of sp³-hybridized carbons (Fsp3) is 0.0833. The van der Waals surface area contributed by atoms with Crippen molar-refractivity contribution < 1.29 is 9.53 Å². The molecular weight excluding hydrogens is 284 g/mol. The average molecular weight is 293 g/mol. The minimum absolute atomic E-state index is 0.165. The number of nitrogens with zero attached hydrogens (tertiary/aromatic N) is 2. The zero-order chi connectivity index (χ0) is 12.3. The molecule has 0 fully saturated rings. The van der Waals surface area contributed by atoms with Crippen LogP contribution in [0.5, 0.6) is 5.75 Å². The Hall–Kier alpha value is -1.75. The van der Waals surface area contributed by atoms with Gasteiger partial charge < -0.3 is 4.74 Å². The van der Waals surface area contributed by atoms with Crippen molar-refractivity contribution in [1.29, 1.82) is 0 Å². The number of rotatable bonds is 3. The first-order valence-electron chi connectivity index (χ1n) is 4.86.